The lowest BCUT2D eigenvalue weighted by Gasteiger charge is -2.01. The van der Waals surface area contributed by atoms with Gasteiger partial charge in [0.05, 0.1) is 22.6 Å². The molecular formula is C12H13N7S2. The summed E-state index contributed by atoms with van der Waals surface area (Å²) in [7, 11) is 0. The summed E-state index contributed by atoms with van der Waals surface area (Å²) in [4.78, 5) is 4.33. The van der Waals surface area contributed by atoms with Crippen LogP contribution in [-0.4, -0.2) is 35.9 Å². The molecule has 7 nitrogen and oxygen atoms in total. The minimum absolute atomic E-state index is 0.403. The first-order valence-corrected chi connectivity index (χ1v) is 7.51. The Morgan fingerprint density at radius 2 is 2.19 bits per heavy atom. The molecule has 0 unspecified atom stereocenters. The monoisotopic (exact) mass is 319 g/mol. The van der Waals surface area contributed by atoms with Crippen LogP contribution in [0.1, 0.15) is 22.1 Å². The van der Waals surface area contributed by atoms with Crippen molar-refractivity contribution < 1.29 is 0 Å². The van der Waals surface area contributed by atoms with Crippen LogP contribution in [0.4, 0.5) is 0 Å². The van der Waals surface area contributed by atoms with E-state index in [1.807, 2.05) is 32.2 Å². The van der Waals surface area contributed by atoms with E-state index in [0.717, 1.165) is 22.1 Å². The number of aryl methyl sites for hydroxylation is 3. The molecule has 0 spiro atoms. The van der Waals surface area contributed by atoms with Crippen molar-refractivity contribution in [1.29, 1.82) is 0 Å². The van der Waals surface area contributed by atoms with Gasteiger partial charge in [0.2, 0.25) is 4.77 Å². The van der Waals surface area contributed by atoms with Gasteiger partial charge >= 0.3 is 0 Å². The smallest absolute Gasteiger partial charge is 0.248 e. The van der Waals surface area contributed by atoms with Gasteiger partial charge in [0.25, 0.3) is 5.95 Å². The maximum atomic E-state index is 5.22. The summed E-state index contributed by atoms with van der Waals surface area (Å²) in [6.07, 6.45) is 1.66. The highest BCUT2D eigenvalue weighted by atomic mass is 32.1. The Hall–Kier alpha value is -2.13. The molecule has 3 heterocycles. The van der Waals surface area contributed by atoms with Crippen molar-refractivity contribution in [2.45, 2.75) is 20.8 Å². The Labute approximate surface area is 130 Å². The number of aromatic amines is 1. The third-order valence-corrected chi connectivity index (χ3v) is 3.83. The lowest BCUT2D eigenvalue weighted by molar-refractivity contribution is 0.714. The number of hydrogen-bond acceptors (Lipinski definition) is 6. The van der Waals surface area contributed by atoms with Crippen LogP contribution in [0, 0.1) is 25.5 Å². The number of hydrogen-bond donors (Lipinski definition) is 1. The van der Waals surface area contributed by atoms with Crippen LogP contribution < -0.4 is 0 Å². The summed E-state index contributed by atoms with van der Waals surface area (Å²) < 4.78 is 3.63. The van der Waals surface area contributed by atoms with E-state index in [4.69, 9.17) is 12.2 Å². The fourth-order valence-corrected chi connectivity index (χ4v) is 2.65. The molecule has 0 aliphatic rings. The minimum Gasteiger partial charge on any atom is -0.248 e. The van der Waals surface area contributed by atoms with Crippen molar-refractivity contribution in [3.63, 3.8) is 0 Å². The van der Waals surface area contributed by atoms with Gasteiger partial charge in [0.15, 0.2) is 0 Å². The van der Waals surface area contributed by atoms with Gasteiger partial charge in [-0.15, -0.1) is 16.4 Å². The lowest BCUT2D eigenvalue weighted by Crippen LogP contribution is -2.07. The first kappa shape index (κ1) is 13.8. The minimum atomic E-state index is 0.403. The van der Waals surface area contributed by atoms with Crippen molar-refractivity contribution in [3.8, 4) is 5.95 Å². The van der Waals surface area contributed by atoms with Crippen LogP contribution in [-0.2, 0) is 0 Å². The topological polar surface area (TPSA) is 76.7 Å². The van der Waals surface area contributed by atoms with Crippen molar-refractivity contribution >= 4 is 29.8 Å². The summed E-state index contributed by atoms with van der Waals surface area (Å²) in [6, 6.07) is 1.97. The van der Waals surface area contributed by atoms with Crippen LogP contribution >= 0.6 is 23.6 Å². The van der Waals surface area contributed by atoms with Crippen molar-refractivity contribution in [3.05, 3.63) is 38.3 Å². The van der Waals surface area contributed by atoms with Gasteiger partial charge < -0.3 is 0 Å². The highest BCUT2D eigenvalue weighted by molar-refractivity contribution is 7.71. The van der Waals surface area contributed by atoms with Gasteiger partial charge in [-0.2, -0.15) is 14.9 Å². The predicted molar refractivity (Wildman–Crippen MR) is 83.9 cm³/mol. The summed E-state index contributed by atoms with van der Waals surface area (Å²) >= 11 is 6.79. The van der Waals surface area contributed by atoms with Crippen molar-refractivity contribution in [2.75, 3.05) is 0 Å². The van der Waals surface area contributed by atoms with Gasteiger partial charge in [0.1, 0.15) is 0 Å². The third-order valence-electron chi connectivity index (χ3n) is 2.77. The van der Waals surface area contributed by atoms with Crippen LogP contribution in [0.2, 0.25) is 0 Å². The van der Waals surface area contributed by atoms with Crippen molar-refractivity contribution in [2.24, 2.45) is 5.10 Å². The zero-order valence-corrected chi connectivity index (χ0v) is 13.4. The Kier molecular flexibility index (Phi) is 3.52. The molecule has 21 heavy (non-hydrogen) atoms. The highest BCUT2D eigenvalue weighted by Gasteiger charge is 2.11. The molecule has 108 valence electrons. The van der Waals surface area contributed by atoms with Gasteiger partial charge in [-0.25, -0.2) is 14.8 Å². The maximum Gasteiger partial charge on any atom is 0.271 e. The molecule has 1 N–H and O–H groups in total. The summed E-state index contributed by atoms with van der Waals surface area (Å²) in [5, 5.41) is 18.6. The van der Waals surface area contributed by atoms with Crippen LogP contribution in [0.5, 0.6) is 0 Å². The summed E-state index contributed by atoms with van der Waals surface area (Å²) in [6.45, 7) is 5.83. The number of thiazole rings is 1. The molecule has 3 aromatic rings. The molecule has 3 aromatic heterocycles. The number of nitrogens with zero attached hydrogens (tertiary/aromatic N) is 6. The van der Waals surface area contributed by atoms with Gasteiger partial charge in [0, 0.05) is 11.1 Å². The van der Waals surface area contributed by atoms with E-state index < -0.39 is 0 Å². The van der Waals surface area contributed by atoms with E-state index in [-0.39, 0.29) is 0 Å². The second kappa shape index (κ2) is 5.34. The Balaban J connectivity index is 2.03. The van der Waals surface area contributed by atoms with Crippen LogP contribution in [0.3, 0.4) is 0 Å². The van der Waals surface area contributed by atoms with Gasteiger partial charge in [-0.3, -0.25) is 0 Å². The average molecular weight is 319 g/mol. The first-order valence-electron chi connectivity index (χ1n) is 6.22. The number of H-pyrrole nitrogens is 1. The average Bonchev–Trinajstić information content (AvgIpc) is 3.08. The second-order valence-corrected chi connectivity index (χ2v) is 5.96. The van der Waals surface area contributed by atoms with Crippen molar-refractivity contribution in [1.82, 2.24) is 29.6 Å². The number of nitrogens with one attached hydrogen (secondary N) is 1. The molecule has 0 aliphatic heterocycles. The number of aromatic nitrogens is 6. The molecule has 0 saturated carbocycles. The lowest BCUT2D eigenvalue weighted by atomic mass is 10.4. The highest BCUT2D eigenvalue weighted by Crippen LogP contribution is 2.11. The molecule has 0 aliphatic carbocycles. The second-order valence-electron chi connectivity index (χ2n) is 4.52. The Morgan fingerprint density at radius 1 is 1.38 bits per heavy atom. The van der Waals surface area contributed by atoms with Gasteiger partial charge in [-0.05, 0) is 39.1 Å². The zero-order valence-electron chi connectivity index (χ0n) is 11.7. The zero-order chi connectivity index (χ0) is 15.0. The summed E-state index contributed by atoms with van der Waals surface area (Å²) in [5.74, 6) is 0.522. The van der Waals surface area contributed by atoms with Crippen LogP contribution in [0.15, 0.2) is 16.5 Å². The normalized spacial score (nSPS) is 11.6. The molecule has 3 rings (SSSR count). The van der Waals surface area contributed by atoms with E-state index in [2.05, 4.69) is 25.4 Å². The SMILES string of the molecule is Cc1cc(C)n(-c2n[nH]c(=S)n2/N=C\c2csc(C)n2)n1. The largest absolute Gasteiger partial charge is 0.271 e. The molecule has 9 heteroatoms. The predicted octanol–water partition coefficient (Wildman–Crippen LogP) is 2.39. The van der Waals surface area contributed by atoms with Crippen LogP contribution in [0.25, 0.3) is 5.95 Å². The quantitative estimate of drug-likeness (QED) is 0.594. The van der Waals surface area contributed by atoms with E-state index in [1.165, 1.54) is 4.68 Å². The fourth-order valence-electron chi connectivity index (χ4n) is 1.91. The first-order chi connectivity index (χ1) is 10.0. The van der Waals surface area contributed by atoms with Gasteiger partial charge in [-0.1, -0.05) is 0 Å². The molecule has 0 atom stereocenters. The molecule has 0 aromatic carbocycles. The standard InChI is InChI=1S/C12H13N7S2/c1-7-4-8(2)18(17-7)11-15-16-12(20)19(11)13-5-10-6-21-9(3)14-10/h4-6H,1-3H3,(H,16,20)/b13-5-. The van der Waals surface area contributed by atoms with E-state index in [0.29, 0.717) is 10.7 Å². The maximum absolute atomic E-state index is 5.22. The van der Waals surface area contributed by atoms with E-state index >= 15 is 0 Å². The molecule has 0 radical (unpaired) electrons. The molecular weight excluding hydrogens is 306 g/mol. The Morgan fingerprint density at radius 3 is 2.81 bits per heavy atom. The fraction of sp³-hybridized carbons (Fsp3) is 0.250. The number of rotatable bonds is 3. The van der Waals surface area contributed by atoms with E-state index in [1.54, 1.807) is 22.2 Å². The molecule has 0 saturated heterocycles. The summed E-state index contributed by atoms with van der Waals surface area (Å²) in [5.41, 5.74) is 2.66. The third kappa shape index (κ3) is 2.69. The van der Waals surface area contributed by atoms with E-state index in [9.17, 15) is 0 Å². The molecule has 0 bridgehead atoms. The molecule has 0 amide bonds. The molecule has 0 fully saturated rings. The Bertz CT molecular complexity index is 864.